The Kier molecular flexibility index (Phi) is 2.19. The molecule has 1 amide bonds. The topological polar surface area (TPSA) is 66.4 Å². The summed E-state index contributed by atoms with van der Waals surface area (Å²) in [5.74, 6) is -1.72. The van der Waals surface area contributed by atoms with E-state index >= 15 is 0 Å². The first-order chi connectivity index (χ1) is 7.08. The van der Waals surface area contributed by atoms with Crippen molar-refractivity contribution in [2.45, 2.75) is 19.3 Å². The van der Waals surface area contributed by atoms with E-state index in [-0.39, 0.29) is 12.3 Å². The van der Waals surface area contributed by atoms with Crippen LogP contribution in [-0.4, -0.2) is 17.0 Å². The van der Waals surface area contributed by atoms with Gasteiger partial charge in [-0.1, -0.05) is 17.7 Å². The number of aliphatic carboxylic acids is 1. The zero-order valence-corrected chi connectivity index (χ0v) is 8.28. The zero-order valence-electron chi connectivity index (χ0n) is 8.28. The first kappa shape index (κ1) is 9.71. The number of aryl methyl sites for hydroxylation is 1. The number of rotatable bonds is 2. The highest BCUT2D eigenvalue weighted by molar-refractivity contribution is 6.04. The van der Waals surface area contributed by atoms with Gasteiger partial charge in [-0.2, -0.15) is 0 Å². The van der Waals surface area contributed by atoms with Crippen LogP contribution in [0.1, 0.15) is 23.5 Å². The SMILES string of the molecule is Cc1ccc2c(c1)[C@H](CC(=O)O)C(=O)N2. The lowest BCUT2D eigenvalue weighted by Crippen LogP contribution is -2.15. The Bertz CT molecular complexity index is 439. The van der Waals surface area contributed by atoms with Crippen molar-refractivity contribution in [2.24, 2.45) is 0 Å². The minimum Gasteiger partial charge on any atom is -0.481 e. The molecule has 0 radical (unpaired) electrons. The van der Waals surface area contributed by atoms with Crippen molar-refractivity contribution in [2.75, 3.05) is 5.32 Å². The zero-order chi connectivity index (χ0) is 11.0. The molecule has 0 aromatic heterocycles. The molecule has 1 heterocycles. The molecule has 0 saturated carbocycles. The van der Waals surface area contributed by atoms with Gasteiger partial charge in [0.15, 0.2) is 0 Å². The Morgan fingerprint density at radius 3 is 2.93 bits per heavy atom. The average molecular weight is 205 g/mol. The fourth-order valence-corrected chi connectivity index (χ4v) is 1.82. The molecule has 0 saturated heterocycles. The van der Waals surface area contributed by atoms with Crippen LogP contribution in [0.15, 0.2) is 18.2 Å². The highest BCUT2D eigenvalue weighted by atomic mass is 16.4. The van der Waals surface area contributed by atoms with Gasteiger partial charge in [0.25, 0.3) is 0 Å². The van der Waals surface area contributed by atoms with Crippen molar-refractivity contribution in [1.82, 2.24) is 0 Å². The van der Waals surface area contributed by atoms with E-state index in [4.69, 9.17) is 5.11 Å². The number of carbonyl (C=O) groups is 2. The second kappa shape index (κ2) is 3.38. The molecule has 0 bridgehead atoms. The van der Waals surface area contributed by atoms with Crippen LogP contribution < -0.4 is 5.32 Å². The maximum absolute atomic E-state index is 11.5. The first-order valence-corrected chi connectivity index (χ1v) is 4.71. The van der Waals surface area contributed by atoms with Crippen LogP contribution in [0.25, 0.3) is 0 Å². The van der Waals surface area contributed by atoms with Gasteiger partial charge in [-0.05, 0) is 18.6 Å². The predicted octanol–water partition coefficient (Wildman–Crippen LogP) is 1.51. The van der Waals surface area contributed by atoms with Crippen LogP contribution in [0.5, 0.6) is 0 Å². The number of carbonyl (C=O) groups excluding carboxylic acids is 1. The highest BCUT2D eigenvalue weighted by Gasteiger charge is 2.32. The van der Waals surface area contributed by atoms with Crippen molar-refractivity contribution in [3.63, 3.8) is 0 Å². The van der Waals surface area contributed by atoms with Crippen LogP contribution in [0.3, 0.4) is 0 Å². The molecule has 1 aromatic rings. The van der Waals surface area contributed by atoms with E-state index in [2.05, 4.69) is 5.32 Å². The molecular weight excluding hydrogens is 194 g/mol. The van der Waals surface area contributed by atoms with Gasteiger partial charge in [-0.15, -0.1) is 0 Å². The Morgan fingerprint density at radius 2 is 2.27 bits per heavy atom. The third-order valence-corrected chi connectivity index (χ3v) is 2.54. The van der Waals surface area contributed by atoms with Gasteiger partial charge in [-0.25, -0.2) is 0 Å². The number of hydrogen-bond donors (Lipinski definition) is 2. The molecule has 1 aliphatic rings. The van der Waals surface area contributed by atoms with Gasteiger partial charge in [0.1, 0.15) is 0 Å². The van der Waals surface area contributed by atoms with Crippen LogP contribution >= 0.6 is 0 Å². The normalized spacial score (nSPS) is 18.5. The lowest BCUT2D eigenvalue weighted by Gasteiger charge is -2.05. The second-order valence-electron chi connectivity index (χ2n) is 3.73. The van der Waals surface area contributed by atoms with Crippen LogP contribution in [-0.2, 0) is 9.59 Å². The Morgan fingerprint density at radius 1 is 1.53 bits per heavy atom. The largest absolute Gasteiger partial charge is 0.481 e. The predicted molar refractivity (Wildman–Crippen MR) is 54.8 cm³/mol. The highest BCUT2D eigenvalue weighted by Crippen LogP contribution is 2.35. The van der Waals surface area contributed by atoms with Gasteiger partial charge < -0.3 is 10.4 Å². The number of carboxylic acids is 1. The van der Waals surface area contributed by atoms with Crippen molar-refractivity contribution in [1.29, 1.82) is 0 Å². The van der Waals surface area contributed by atoms with E-state index in [1.54, 1.807) is 0 Å². The van der Waals surface area contributed by atoms with E-state index < -0.39 is 11.9 Å². The molecule has 0 fully saturated rings. The Balaban J connectivity index is 2.39. The summed E-state index contributed by atoms with van der Waals surface area (Å²) in [5, 5.41) is 11.4. The average Bonchev–Trinajstić information content (AvgIpc) is 2.43. The number of nitrogens with one attached hydrogen (secondary N) is 1. The van der Waals surface area contributed by atoms with E-state index in [0.29, 0.717) is 0 Å². The minimum atomic E-state index is -0.954. The number of anilines is 1. The molecule has 0 unspecified atom stereocenters. The Hall–Kier alpha value is -1.84. The fourth-order valence-electron chi connectivity index (χ4n) is 1.82. The molecule has 0 spiro atoms. The number of amides is 1. The maximum Gasteiger partial charge on any atom is 0.304 e. The molecule has 0 aliphatic carbocycles. The number of benzene rings is 1. The van der Waals surface area contributed by atoms with Crippen LogP contribution in [0.2, 0.25) is 0 Å². The summed E-state index contributed by atoms with van der Waals surface area (Å²) in [6.45, 7) is 1.92. The van der Waals surface area contributed by atoms with Crippen molar-refractivity contribution in [3.8, 4) is 0 Å². The van der Waals surface area contributed by atoms with Crippen molar-refractivity contribution < 1.29 is 14.7 Å². The number of hydrogen-bond acceptors (Lipinski definition) is 2. The summed E-state index contributed by atoms with van der Waals surface area (Å²) in [7, 11) is 0. The monoisotopic (exact) mass is 205 g/mol. The Labute approximate surface area is 86.9 Å². The third-order valence-electron chi connectivity index (χ3n) is 2.54. The first-order valence-electron chi connectivity index (χ1n) is 4.71. The van der Waals surface area contributed by atoms with Gasteiger partial charge in [0.05, 0.1) is 12.3 Å². The lowest BCUT2D eigenvalue weighted by molar-refractivity contribution is -0.138. The molecule has 1 atom stereocenters. The quantitative estimate of drug-likeness (QED) is 0.769. The molecule has 15 heavy (non-hydrogen) atoms. The minimum absolute atomic E-state index is 0.151. The summed E-state index contributed by atoms with van der Waals surface area (Å²) >= 11 is 0. The van der Waals surface area contributed by atoms with Crippen molar-refractivity contribution >= 4 is 17.6 Å². The number of fused-ring (bicyclic) bond motifs is 1. The van der Waals surface area contributed by atoms with E-state index in [1.807, 2.05) is 25.1 Å². The van der Waals surface area contributed by atoms with Crippen LogP contribution in [0, 0.1) is 6.92 Å². The second-order valence-corrected chi connectivity index (χ2v) is 3.73. The van der Waals surface area contributed by atoms with Gasteiger partial charge >= 0.3 is 5.97 Å². The lowest BCUT2D eigenvalue weighted by atomic mass is 9.96. The van der Waals surface area contributed by atoms with E-state index in [1.165, 1.54) is 0 Å². The number of carboxylic acid groups (broad SMARTS) is 1. The van der Waals surface area contributed by atoms with E-state index in [0.717, 1.165) is 16.8 Å². The summed E-state index contributed by atoms with van der Waals surface area (Å²) in [6, 6.07) is 5.56. The molecule has 2 rings (SSSR count). The summed E-state index contributed by atoms with van der Waals surface area (Å²) in [4.78, 5) is 22.1. The molecule has 1 aliphatic heterocycles. The summed E-state index contributed by atoms with van der Waals surface area (Å²) < 4.78 is 0. The molecule has 78 valence electrons. The standard InChI is InChI=1S/C11H11NO3/c1-6-2-3-9-7(4-6)8(5-10(13)14)11(15)12-9/h2-4,8H,5H2,1H3,(H,12,15)(H,13,14)/t8-/m0/s1. The van der Waals surface area contributed by atoms with Gasteiger partial charge in [0, 0.05) is 5.69 Å². The molecule has 4 heteroatoms. The van der Waals surface area contributed by atoms with Gasteiger partial charge in [0.2, 0.25) is 5.91 Å². The third kappa shape index (κ3) is 1.70. The fraction of sp³-hybridized carbons (Fsp3) is 0.273. The molecule has 4 nitrogen and oxygen atoms in total. The molecule has 1 aromatic carbocycles. The summed E-state index contributed by atoms with van der Waals surface area (Å²) in [5.41, 5.74) is 2.56. The molecule has 2 N–H and O–H groups in total. The van der Waals surface area contributed by atoms with Crippen LogP contribution in [0.4, 0.5) is 5.69 Å². The smallest absolute Gasteiger partial charge is 0.304 e. The van der Waals surface area contributed by atoms with Crippen molar-refractivity contribution in [3.05, 3.63) is 29.3 Å². The summed E-state index contributed by atoms with van der Waals surface area (Å²) in [6.07, 6.45) is -0.151. The molecular formula is C11H11NO3. The van der Waals surface area contributed by atoms with E-state index in [9.17, 15) is 9.59 Å². The maximum atomic E-state index is 11.5. The van der Waals surface area contributed by atoms with Gasteiger partial charge in [-0.3, -0.25) is 9.59 Å².